The summed E-state index contributed by atoms with van der Waals surface area (Å²) in [6, 6.07) is 7.11. The third-order valence-corrected chi connectivity index (χ3v) is 5.50. The molecule has 3 rings (SSSR count). The molecule has 106 valence electrons. The van der Waals surface area contributed by atoms with Gasteiger partial charge in [-0.05, 0) is 68.5 Å². The first-order valence-corrected chi connectivity index (χ1v) is 8.36. The number of pyridine rings is 1. The number of thiophene rings is 1. The van der Waals surface area contributed by atoms with E-state index in [0.717, 1.165) is 6.42 Å². The summed E-state index contributed by atoms with van der Waals surface area (Å²) in [5, 5.41) is 3.48. The Morgan fingerprint density at radius 3 is 2.80 bits per heavy atom. The summed E-state index contributed by atoms with van der Waals surface area (Å²) in [4.78, 5) is 7.23. The molecule has 2 nitrogen and oxygen atoms in total. The van der Waals surface area contributed by atoms with Crippen LogP contribution in [0.25, 0.3) is 0 Å². The van der Waals surface area contributed by atoms with Gasteiger partial charge in [-0.25, -0.2) is 0 Å². The molecule has 0 saturated heterocycles. The number of hydrogen-bond donors (Lipinski definition) is 1. The third-order valence-electron chi connectivity index (χ3n) is 4.15. The van der Waals surface area contributed by atoms with Gasteiger partial charge in [0.25, 0.3) is 0 Å². The smallest absolute Gasteiger partial charge is 0.0453 e. The summed E-state index contributed by atoms with van der Waals surface area (Å²) >= 11 is 2.02. The van der Waals surface area contributed by atoms with Crippen LogP contribution in [0.4, 0.5) is 0 Å². The van der Waals surface area contributed by atoms with E-state index in [-0.39, 0.29) is 0 Å². The van der Waals surface area contributed by atoms with Crippen molar-refractivity contribution in [2.24, 2.45) is 0 Å². The van der Waals surface area contributed by atoms with Crippen molar-refractivity contribution in [1.29, 1.82) is 0 Å². The summed E-state index contributed by atoms with van der Waals surface area (Å²) in [6.07, 6.45) is 11.5. The van der Waals surface area contributed by atoms with Crippen LogP contribution < -0.4 is 5.32 Å². The lowest BCUT2D eigenvalue weighted by atomic mass is 10.0. The molecule has 2 aromatic heterocycles. The van der Waals surface area contributed by atoms with Crippen molar-refractivity contribution in [3.05, 3.63) is 51.5 Å². The normalized spacial score (nSPS) is 16.4. The van der Waals surface area contributed by atoms with E-state index in [2.05, 4.69) is 35.5 Å². The molecule has 20 heavy (non-hydrogen) atoms. The number of fused-ring (bicyclic) bond motifs is 1. The van der Waals surface area contributed by atoms with Crippen molar-refractivity contribution < 1.29 is 0 Å². The van der Waals surface area contributed by atoms with Crippen LogP contribution in [-0.2, 0) is 19.3 Å². The molecule has 3 heteroatoms. The molecule has 0 fully saturated rings. The number of rotatable bonds is 4. The van der Waals surface area contributed by atoms with E-state index in [1.807, 2.05) is 23.7 Å². The Labute approximate surface area is 125 Å². The van der Waals surface area contributed by atoms with Gasteiger partial charge in [0.1, 0.15) is 0 Å². The van der Waals surface area contributed by atoms with Crippen LogP contribution >= 0.6 is 11.3 Å². The predicted octanol–water partition coefficient (Wildman–Crippen LogP) is 3.92. The lowest BCUT2D eigenvalue weighted by Gasteiger charge is -2.14. The molecule has 2 heterocycles. The van der Waals surface area contributed by atoms with E-state index in [9.17, 15) is 0 Å². The van der Waals surface area contributed by atoms with Crippen LogP contribution in [0.15, 0.2) is 30.6 Å². The minimum absolute atomic E-state index is 0.425. The average molecular weight is 286 g/mol. The molecule has 0 bridgehead atoms. The molecule has 0 aromatic carbocycles. The quantitative estimate of drug-likeness (QED) is 0.862. The Hall–Kier alpha value is -1.19. The molecule has 1 aliphatic carbocycles. The maximum atomic E-state index is 4.10. The molecular weight excluding hydrogens is 264 g/mol. The van der Waals surface area contributed by atoms with Gasteiger partial charge in [-0.3, -0.25) is 4.98 Å². The van der Waals surface area contributed by atoms with E-state index in [1.54, 1.807) is 10.4 Å². The lowest BCUT2D eigenvalue weighted by molar-refractivity contribution is 0.601. The Balaban J connectivity index is 1.79. The molecular formula is C17H22N2S. The molecule has 2 aromatic rings. The highest BCUT2D eigenvalue weighted by Crippen LogP contribution is 2.33. The van der Waals surface area contributed by atoms with E-state index >= 15 is 0 Å². The van der Waals surface area contributed by atoms with Crippen LogP contribution in [0.1, 0.15) is 46.2 Å². The molecule has 1 aliphatic rings. The third kappa shape index (κ3) is 3.10. The van der Waals surface area contributed by atoms with Gasteiger partial charge in [0, 0.05) is 28.2 Å². The number of nitrogens with zero attached hydrogens (tertiary/aromatic N) is 1. The average Bonchev–Trinajstić information content (AvgIpc) is 2.76. The molecule has 0 aliphatic heterocycles. The largest absolute Gasteiger partial charge is 0.312 e. The van der Waals surface area contributed by atoms with Crippen LogP contribution in [0, 0.1) is 0 Å². The van der Waals surface area contributed by atoms with Crippen LogP contribution in [0.5, 0.6) is 0 Å². The maximum absolute atomic E-state index is 4.10. The molecule has 1 N–H and O–H groups in total. The fourth-order valence-electron chi connectivity index (χ4n) is 2.96. The molecule has 0 radical (unpaired) electrons. The second-order valence-electron chi connectivity index (χ2n) is 5.56. The van der Waals surface area contributed by atoms with Crippen molar-refractivity contribution in [1.82, 2.24) is 10.3 Å². The number of likely N-dealkylation sites (N-methyl/N-ethyl adjacent to an activating group) is 1. The minimum Gasteiger partial charge on any atom is -0.312 e. The SMILES string of the molecule is CNC(Cc1ccncc1)c1cc2c(s1)CCCCC2. The van der Waals surface area contributed by atoms with Gasteiger partial charge >= 0.3 is 0 Å². The monoisotopic (exact) mass is 286 g/mol. The summed E-state index contributed by atoms with van der Waals surface area (Å²) in [5.41, 5.74) is 2.96. The first-order valence-electron chi connectivity index (χ1n) is 7.54. The van der Waals surface area contributed by atoms with E-state index in [0.29, 0.717) is 6.04 Å². The second-order valence-corrected chi connectivity index (χ2v) is 6.73. The Morgan fingerprint density at radius 2 is 2.00 bits per heavy atom. The fraction of sp³-hybridized carbons (Fsp3) is 0.471. The maximum Gasteiger partial charge on any atom is 0.0453 e. The van der Waals surface area contributed by atoms with E-state index < -0.39 is 0 Å². The van der Waals surface area contributed by atoms with Gasteiger partial charge in [0.2, 0.25) is 0 Å². The van der Waals surface area contributed by atoms with Gasteiger partial charge in [-0.15, -0.1) is 11.3 Å². The van der Waals surface area contributed by atoms with Crippen LogP contribution in [0.2, 0.25) is 0 Å². The minimum atomic E-state index is 0.425. The molecule has 0 spiro atoms. The number of aromatic nitrogens is 1. The molecule has 1 unspecified atom stereocenters. The summed E-state index contributed by atoms with van der Waals surface area (Å²) in [7, 11) is 2.07. The number of hydrogen-bond acceptors (Lipinski definition) is 3. The van der Waals surface area contributed by atoms with Crippen LogP contribution in [0.3, 0.4) is 0 Å². The van der Waals surface area contributed by atoms with Gasteiger partial charge in [-0.1, -0.05) is 6.42 Å². The number of aryl methyl sites for hydroxylation is 2. The summed E-state index contributed by atoms with van der Waals surface area (Å²) in [5.74, 6) is 0. The summed E-state index contributed by atoms with van der Waals surface area (Å²) in [6.45, 7) is 0. The van der Waals surface area contributed by atoms with Crippen molar-refractivity contribution in [3.8, 4) is 0 Å². The predicted molar refractivity (Wildman–Crippen MR) is 85.3 cm³/mol. The fourth-order valence-corrected chi connectivity index (χ4v) is 4.33. The molecule has 0 amide bonds. The highest BCUT2D eigenvalue weighted by atomic mass is 32.1. The van der Waals surface area contributed by atoms with Gasteiger partial charge < -0.3 is 5.32 Å². The Bertz CT molecular complexity index is 524. The molecule has 1 atom stereocenters. The highest BCUT2D eigenvalue weighted by Gasteiger charge is 2.17. The zero-order valence-corrected chi connectivity index (χ0v) is 12.9. The first-order chi connectivity index (χ1) is 9.86. The lowest BCUT2D eigenvalue weighted by Crippen LogP contribution is -2.17. The Morgan fingerprint density at radius 1 is 1.20 bits per heavy atom. The van der Waals surface area contributed by atoms with Crippen molar-refractivity contribution >= 4 is 11.3 Å². The van der Waals surface area contributed by atoms with Crippen LogP contribution in [-0.4, -0.2) is 12.0 Å². The molecule has 0 saturated carbocycles. The van der Waals surface area contributed by atoms with E-state index in [4.69, 9.17) is 0 Å². The van der Waals surface area contributed by atoms with Gasteiger partial charge in [0.15, 0.2) is 0 Å². The van der Waals surface area contributed by atoms with Crippen molar-refractivity contribution in [2.75, 3.05) is 7.05 Å². The summed E-state index contributed by atoms with van der Waals surface area (Å²) < 4.78 is 0. The highest BCUT2D eigenvalue weighted by molar-refractivity contribution is 7.12. The van der Waals surface area contributed by atoms with Gasteiger partial charge in [0.05, 0.1) is 0 Å². The Kier molecular flexibility index (Phi) is 4.48. The second kappa shape index (κ2) is 6.51. The zero-order chi connectivity index (χ0) is 13.8. The van der Waals surface area contributed by atoms with Crippen molar-refractivity contribution in [3.63, 3.8) is 0 Å². The first kappa shape index (κ1) is 13.8. The number of nitrogens with one attached hydrogen (secondary N) is 1. The standard InChI is InChI=1S/C17H22N2S/c1-18-15(11-13-7-9-19-10-8-13)17-12-14-5-3-2-4-6-16(14)20-17/h7-10,12,15,18H,2-6,11H2,1H3. The van der Waals surface area contributed by atoms with Crippen molar-refractivity contribution in [2.45, 2.75) is 44.6 Å². The van der Waals surface area contributed by atoms with Gasteiger partial charge in [-0.2, -0.15) is 0 Å². The topological polar surface area (TPSA) is 24.9 Å². The van der Waals surface area contributed by atoms with E-state index in [1.165, 1.54) is 42.5 Å². The zero-order valence-electron chi connectivity index (χ0n) is 12.1.